The molecule has 0 saturated carbocycles. The molecule has 0 bridgehead atoms. The molecule has 1 N–H and O–H groups in total. The topological polar surface area (TPSA) is 58.6 Å². The zero-order chi connectivity index (χ0) is 21.3. The number of urea groups is 1. The van der Waals surface area contributed by atoms with E-state index >= 15 is 0 Å². The lowest BCUT2D eigenvalue weighted by molar-refractivity contribution is 0.0600. The van der Waals surface area contributed by atoms with Gasteiger partial charge in [0.25, 0.3) is 0 Å². The molecule has 154 valence electrons. The first-order valence-corrected chi connectivity index (χ1v) is 10.0. The summed E-state index contributed by atoms with van der Waals surface area (Å²) in [6.45, 7) is 0.473. The van der Waals surface area contributed by atoms with Crippen molar-refractivity contribution in [1.82, 2.24) is 5.32 Å². The number of nitrogens with one attached hydrogen (secondary N) is 1. The van der Waals surface area contributed by atoms with Crippen molar-refractivity contribution in [3.63, 3.8) is 0 Å². The number of hydrogen-bond acceptors (Lipinski definition) is 4. The summed E-state index contributed by atoms with van der Waals surface area (Å²) in [7, 11) is 1.32. The first-order valence-electron chi connectivity index (χ1n) is 9.65. The van der Waals surface area contributed by atoms with Crippen LogP contribution in [0.1, 0.15) is 33.8 Å². The van der Waals surface area contributed by atoms with Gasteiger partial charge >= 0.3 is 12.0 Å². The minimum atomic E-state index is -0.465. The lowest BCUT2D eigenvalue weighted by Crippen LogP contribution is -2.35. The van der Waals surface area contributed by atoms with E-state index in [2.05, 4.69) is 42.4 Å². The number of amides is 2. The molecule has 0 heterocycles. The fourth-order valence-corrected chi connectivity index (χ4v) is 3.49. The summed E-state index contributed by atoms with van der Waals surface area (Å²) in [5, 5.41) is 2.91. The molecule has 0 aliphatic rings. The molecule has 0 saturated heterocycles. The number of carbonyl (C=O) groups excluding carboxylic acids is 2. The minimum Gasteiger partial charge on any atom is -0.465 e. The third kappa shape index (κ3) is 5.42. The number of rotatable bonds is 7. The van der Waals surface area contributed by atoms with Gasteiger partial charge in [-0.05, 0) is 35.7 Å². The van der Waals surface area contributed by atoms with Crippen molar-refractivity contribution in [2.45, 2.75) is 12.3 Å². The molecule has 0 aliphatic carbocycles. The Morgan fingerprint density at radius 2 is 1.53 bits per heavy atom. The molecule has 0 radical (unpaired) electrons. The van der Waals surface area contributed by atoms with Crippen LogP contribution in [-0.4, -0.2) is 25.7 Å². The van der Waals surface area contributed by atoms with E-state index < -0.39 is 5.97 Å². The number of anilines is 1. The summed E-state index contributed by atoms with van der Waals surface area (Å²) in [6.07, 6.45) is 0.740. The highest BCUT2D eigenvalue weighted by Gasteiger charge is 2.17. The molecule has 0 aliphatic heterocycles. The molecule has 6 heteroatoms. The number of ether oxygens (including phenoxy) is 1. The molecule has 2 amide bonds. The van der Waals surface area contributed by atoms with Gasteiger partial charge in [0, 0.05) is 12.5 Å². The zero-order valence-electron chi connectivity index (χ0n) is 16.7. The Bertz CT molecular complexity index is 941. The fraction of sp³-hybridized carbons (Fsp3) is 0.167. The van der Waals surface area contributed by atoms with Gasteiger partial charge in [0.2, 0.25) is 0 Å². The second-order valence-electron chi connectivity index (χ2n) is 6.75. The van der Waals surface area contributed by atoms with Crippen LogP contribution in [0.25, 0.3) is 0 Å². The van der Waals surface area contributed by atoms with Crippen molar-refractivity contribution in [3.8, 4) is 0 Å². The van der Waals surface area contributed by atoms with Crippen molar-refractivity contribution in [2.24, 2.45) is 0 Å². The highest BCUT2D eigenvalue weighted by molar-refractivity contribution is 7.82. The number of benzene rings is 3. The number of hydrogen-bond donors (Lipinski definition) is 2. The number of nitrogens with zero attached hydrogens (tertiary/aromatic N) is 1. The van der Waals surface area contributed by atoms with Crippen LogP contribution in [0.2, 0.25) is 0 Å². The second-order valence-corrected chi connectivity index (χ2v) is 7.15. The Labute approximate surface area is 182 Å². The predicted molar refractivity (Wildman–Crippen MR) is 122 cm³/mol. The summed E-state index contributed by atoms with van der Waals surface area (Å²) < 4.78 is 5.91. The third-order valence-electron chi connectivity index (χ3n) is 4.82. The third-order valence-corrected chi connectivity index (χ3v) is 5.23. The van der Waals surface area contributed by atoms with E-state index in [0.717, 1.165) is 6.42 Å². The lowest BCUT2D eigenvalue weighted by Gasteiger charge is -2.20. The predicted octanol–water partition coefficient (Wildman–Crippen LogP) is 5.06. The number of carbonyl (C=O) groups is 2. The Hall–Kier alpha value is -3.25. The summed E-state index contributed by atoms with van der Waals surface area (Å²) >= 11 is 4.29. The van der Waals surface area contributed by atoms with Crippen molar-refractivity contribution < 1.29 is 14.3 Å². The first-order chi connectivity index (χ1) is 14.6. The number of esters is 1. The molecule has 0 aromatic heterocycles. The van der Waals surface area contributed by atoms with Crippen molar-refractivity contribution >= 4 is 30.5 Å². The van der Waals surface area contributed by atoms with E-state index in [9.17, 15) is 9.59 Å². The van der Waals surface area contributed by atoms with Crippen LogP contribution in [0.15, 0.2) is 84.9 Å². The summed E-state index contributed by atoms with van der Waals surface area (Å²) in [5.41, 5.74) is 3.24. The van der Waals surface area contributed by atoms with Gasteiger partial charge in [-0.15, -0.1) is 0 Å². The lowest BCUT2D eigenvalue weighted by atomic mass is 9.88. The van der Waals surface area contributed by atoms with Crippen LogP contribution in [0.4, 0.5) is 10.5 Å². The van der Waals surface area contributed by atoms with E-state index in [1.54, 1.807) is 24.3 Å². The zero-order valence-corrected chi connectivity index (χ0v) is 17.6. The van der Waals surface area contributed by atoms with Crippen LogP contribution < -0.4 is 9.62 Å². The van der Waals surface area contributed by atoms with Crippen LogP contribution in [0.3, 0.4) is 0 Å². The van der Waals surface area contributed by atoms with Gasteiger partial charge in [-0.1, -0.05) is 79.5 Å². The van der Waals surface area contributed by atoms with Crippen LogP contribution in [0.5, 0.6) is 0 Å². The molecule has 30 heavy (non-hydrogen) atoms. The van der Waals surface area contributed by atoms with Gasteiger partial charge in [0.15, 0.2) is 0 Å². The van der Waals surface area contributed by atoms with Gasteiger partial charge in [0.05, 0.1) is 18.4 Å². The maximum atomic E-state index is 12.6. The molecular weight excluding hydrogens is 396 g/mol. The normalized spacial score (nSPS) is 10.5. The molecule has 0 unspecified atom stereocenters. The quantitative estimate of drug-likeness (QED) is 0.415. The van der Waals surface area contributed by atoms with E-state index in [-0.39, 0.29) is 11.9 Å². The first kappa shape index (κ1) is 21.5. The molecule has 3 rings (SSSR count). The average molecular weight is 421 g/mol. The summed E-state index contributed by atoms with van der Waals surface area (Å²) in [5.74, 6) is -0.295. The van der Waals surface area contributed by atoms with Crippen LogP contribution >= 0.6 is 12.8 Å². The van der Waals surface area contributed by atoms with E-state index in [4.69, 9.17) is 4.74 Å². The highest BCUT2D eigenvalue weighted by Crippen LogP contribution is 2.27. The van der Waals surface area contributed by atoms with E-state index in [1.165, 1.54) is 22.5 Å². The average Bonchev–Trinajstić information content (AvgIpc) is 2.82. The standard InChI is InChI=1S/C24H24N2O3S/c1-29-23(27)20-13-8-14-21(17-20)26(30)24(28)25-16-15-22(18-9-4-2-5-10-18)19-11-6-3-7-12-19/h2-14,17,22,30H,15-16H2,1H3,(H,25,28). The smallest absolute Gasteiger partial charge is 0.337 e. The highest BCUT2D eigenvalue weighted by atomic mass is 32.1. The van der Waals surface area contributed by atoms with Gasteiger partial charge in [0.1, 0.15) is 0 Å². The minimum absolute atomic E-state index is 0.170. The van der Waals surface area contributed by atoms with Crippen LogP contribution in [-0.2, 0) is 4.74 Å². The molecule has 0 fully saturated rings. The van der Waals surface area contributed by atoms with Gasteiger partial charge in [-0.3, -0.25) is 0 Å². The Morgan fingerprint density at radius 3 is 2.10 bits per heavy atom. The maximum absolute atomic E-state index is 12.6. The fourth-order valence-electron chi connectivity index (χ4n) is 3.29. The molecule has 0 spiro atoms. The Morgan fingerprint density at radius 1 is 0.933 bits per heavy atom. The largest absolute Gasteiger partial charge is 0.465 e. The molecule has 3 aromatic carbocycles. The molecule has 3 aromatic rings. The second kappa shape index (κ2) is 10.5. The van der Waals surface area contributed by atoms with Gasteiger partial charge in [-0.25, -0.2) is 13.9 Å². The SMILES string of the molecule is COC(=O)c1cccc(N(S)C(=O)NCCC(c2ccccc2)c2ccccc2)c1. The van der Waals surface area contributed by atoms with Crippen molar-refractivity contribution in [2.75, 3.05) is 18.0 Å². The Balaban J connectivity index is 1.65. The molecule has 5 nitrogen and oxygen atoms in total. The number of thiol groups is 1. The van der Waals surface area contributed by atoms with E-state index in [0.29, 0.717) is 17.8 Å². The molecule has 0 atom stereocenters. The summed E-state index contributed by atoms with van der Waals surface area (Å²) in [6, 6.07) is 26.7. The summed E-state index contributed by atoms with van der Waals surface area (Å²) in [4.78, 5) is 24.3. The van der Waals surface area contributed by atoms with E-state index in [1.807, 2.05) is 36.4 Å². The van der Waals surface area contributed by atoms with Gasteiger partial charge in [-0.2, -0.15) is 0 Å². The van der Waals surface area contributed by atoms with Gasteiger partial charge < -0.3 is 10.1 Å². The maximum Gasteiger partial charge on any atom is 0.337 e. The van der Waals surface area contributed by atoms with Crippen molar-refractivity contribution in [3.05, 3.63) is 102 Å². The number of methoxy groups -OCH3 is 1. The molecular formula is C24H24N2O3S. The monoisotopic (exact) mass is 420 g/mol. The van der Waals surface area contributed by atoms with Crippen LogP contribution in [0, 0.1) is 0 Å². The Kier molecular flexibility index (Phi) is 7.51. The van der Waals surface area contributed by atoms with Crippen molar-refractivity contribution in [1.29, 1.82) is 0 Å².